The van der Waals surface area contributed by atoms with Crippen LogP contribution in [0.4, 0.5) is 0 Å². The van der Waals surface area contributed by atoms with E-state index in [9.17, 15) is 4.79 Å². The van der Waals surface area contributed by atoms with Crippen LogP contribution in [0.15, 0.2) is 24.3 Å². The van der Waals surface area contributed by atoms with Gasteiger partial charge in [-0.2, -0.15) is 0 Å². The molecule has 1 aromatic heterocycles. The smallest absolute Gasteiger partial charge is 0.225 e. The Balaban J connectivity index is 1.65. The molecule has 0 aliphatic carbocycles. The van der Waals surface area contributed by atoms with Gasteiger partial charge in [0.1, 0.15) is 13.2 Å². The van der Waals surface area contributed by atoms with E-state index >= 15 is 0 Å². The summed E-state index contributed by atoms with van der Waals surface area (Å²) < 4.78 is 18.2. The van der Waals surface area contributed by atoms with Crippen LogP contribution >= 0.6 is 11.3 Å². The first-order valence-corrected chi connectivity index (χ1v) is 11.7. The van der Waals surface area contributed by atoms with Crippen molar-refractivity contribution < 1.29 is 19.0 Å². The maximum atomic E-state index is 12.7. The fraction of sp³-hybridized carbons (Fsp3) is 0.542. The number of hydrogen-bond acceptors (Lipinski definition) is 5. The lowest BCUT2D eigenvalue weighted by Gasteiger charge is -2.24. The van der Waals surface area contributed by atoms with Crippen molar-refractivity contribution in [1.82, 2.24) is 4.90 Å². The van der Waals surface area contributed by atoms with Crippen LogP contribution in [0.2, 0.25) is 0 Å². The van der Waals surface area contributed by atoms with Crippen LogP contribution in [0.3, 0.4) is 0 Å². The SMILES string of the molecule is Cc1ccc(-c2cc3c(c(OCC4CCCCO4)c2)OCCN(C(=O)C(C)C)C3)s1. The van der Waals surface area contributed by atoms with Crippen LogP contribution in [0, 0.1) is 12.8 Å². The van der Waals surface area contributed by atoms with E-state index in [1.165, 1.54) is 16.2 Å². The van der Waals surface area contributed by atoms with Crippen LogP contribution < -0.4 is 9.47 Å². The standard InChI is InChI=1S/C24H31NO4S/c1-16(2)24(26)25-9-11-28-23-19(14-25)12-18(22-8-7-17(3)30-22)13-21(23)29-15-20-6-4-5-10-27-20/h7-8,12-13,16,20H,4-6,9-11,14-15H2,1-3H3. The predicted molar refractivity (Wildman–Crippen MR) is 119 cm³/mol. The van der Waals surface area contributed by atoms with E-state index in [1.807, 2.05) is 18.7 Å². The number of fused-ring (bicyclic) bond motifs is 1. The van der Waals surface area contributed by atoms with Crippen molar-refractivity contribution in [2.24, 2.45) is 5.92 Å². The number of nitrogens with zero attached hydrogens (tertiary/aromatic N) is 1. The van der Waals surface area contributed by atoms with Gasteiger partial charge in [-0.1, -0.05) is 13.8 Å². The number of benzene rings is 1. The molecular formula is C24H31NO4S. The van der Waals surface area contributed by atoms with E-state index in [4.69, 9.17) is 14.2 Å². The number of rotatable bonds is 5. The molecule has 162 valence electrons. The molecule has 5 nitrogen and oxygen atoms in total. The fourth-order valence-corrected chi connectivity index (χ4v) is 4.85. The van der Waals surface area contributed by atoms with Gasteiger partial charge in [0.2, 0.25) is 5.91 Å². The maximum Gasteiger partial charge on any atom is 0.225 e. The van der Waals surface area contributed by atoms with Crippen molar-refractivity contribution >= 4 is 17.2 Å². The van der Waals surface area contributed by atoms with Crippen LogP contribution in [0.1, 0.15) is 43.6 Å². The summed E-state index contributed by atoms with van der Waals surface area (Å²) in [5.74, 6) is 1.64. The lowest BCUT2D eigenvalue weighted by atomic mass is 10.1. The number of hydrogen-bond donors (Lipinski definition) is 0. The van der Waals surface area contributed by atoms with E-state index in [-0.39, 0.29) is 17.9 Å². The minimum atomic E-state index is -0.0335. The van der Waals surface area contributed by atoms with Gasteiger partial charge in [-0.15, -0.1) is 11.3 Å². The summed E-state index contributed by atoms with van der Waals surface area (Å²) in [5.41, 5.74) is 2.11. The van der Waals surface area contributed by atoms with Gasteiger partial charge in [0, 0.05) is 34.4 Å². The van der Waals surface area contributed by atoms with Gasteiger partial charge in [0.15, 0.2) is 11.5 Å². The number of aryl methyl sites for hydroxylation is 1. The largest absolute Gasteiger partial charge is 0.487 e. The topological polar surface area (TPSA) is 48.0 Å². The van der Waals surface area contributed by atoms with Gasteiger partial charge in [-0.3, -0.25) is 4.79 Å². The van der Waals surface area contributed by atoms with E-state index in [0.29, 0.717) is 26.3 Å². The Morgan fingerprint density at radius 1 is 1.27 bits per heavy atom. The number of ether oxygens (including phenoxy) is 3. The zero-order chi connectivity index (χ0) is 21.1. The third-order valence-corrected chi connectivity index (χ3v) is 6.68. The normalized spacial score (nSPS) is 19.2. The fourth-order valence-electron chi connectivity index (χ4n) is 4.00. The number of carbonyl (C=O) groups is 1. The summed E-state index contributed by atoms with van der Waals surface area (Å²) in [6, 6.07) is 8.50. The highest BCUT2D eigenvalue weighted by molar-refractivity contribution is 7.15. The Labute approximate surface area is 182 Å². The average Bonchev–Trinajstić information content (AvgIpc) is 3.06. The van der Waals surface area contributed by atoms with Crippen molar-refractivity contribution in [1.29, 1.82) is 0 Å². The van der Waals surface area contributed by atoms with Crippen LogP contribution in [-0.2, 0) is 16.1 Å². The minimum Gasteiger partial charge on any atom is -0.487 e. The first-order valence-electron chi connectivity index (χ1n) is 10.9. The van der Waals surface area contributed by atoms with Crippen LogP contribution in [0.25, 0.3) is 10.4 Å². The highest BCUT2D eigenvalue weighted by Crippen LogP contribution is 2.40. The Morgan fingerprint density at radius 3 is 2.83 bits per heavy atom. The Morgan fingerprint density at radius 2 is 2.13 bits per heavy atom. The molecular weight excluding hydrogens is 398 g/mol. The third-order valence-electron chi connectivity index (χ3n) is 5.63. The third kappa shape index (κ3) is 4.81. The first kappa shape index (κ1) is 21.2. The lowest BCUT2D eigenvalue weighted by Crippen LogP contribution is -2.35. The molecule has 1 fully saturated rings. The van der Waals surface area contributed by atoms with E-state index in [0.717, 1.165) is 42.1 Å². The van der Waals surface area contributed by atoms with Crippen molar-refractivity contribution in [3.63, 3.8) is 0 Å². The molecule has 2 aliphatic rings. The molecule has 30 heavy (non-hydrogen) atoms. The quantitative estimate of drug-likeness (QED) is 0.667. The molecule has 1 unspecified atom stereocenters. The maximum absolute atomic E-state index is 12.7. The zero-order valence-electron chi connectivity index (χ0n) is 18.1. The molecule has 1 atom stereocenters. The molecule has 1 aromatic carbocycles. The molecule has 3 heterocycles. The van der Waals surface area contributed by atoms with Crippen molar-refractivity contribution in [2.45, 2.75) is 52.7 Å². The van der Waals surface area contributed by atoms with Gasteiger partial charge >= 0.3 is 0 Å². The summed E-state index contributed by atoms with van der Waals surface area (Å²) in [6.45, 7) is 8.93. The molecule has 2 aliphatic heterocycles. The van der Waals surface area contributed by atoms with E-state index in [2.05, 4.69) is 31.2 Å². The van der Waals surface area contributed by atoms with Gasteiger partial charge in [-0.05, 0) is 56.0 Å². The molecule has 0 N–H and O–H groups in total. The molecule has 4 rings (SSSR count). The van der Waals surface area contributed by atoms with Gasteiger partial charge in [0.05, 0.1) is 12.6 Å². The van der Waals surface area contributed by atoms with Gasteiger partial charge < -0.3 is 19.1 Å². The highest BCUT2D eigenvalue weighted by Gasteiger charge is 2.26. The Hall–Kier alpha value is -2.05. The molecule has 0 spiro atoms. The van der Waals surface area contributed by atoms with Gasteiger partial charge in [-0.25, -0.2) is 0 Å². The summed E-state index contributed by atoms with van der Waals surface area (Å²) in [4.78, 5) is 17.0. The monoisotopic (exact) mass is 429 g/mol. The van der Waals surface area contributed by atoms with Crippen molar-refractivity contribution in [2.75, 3.05) is 26.4 Å². The number of amides is 1. The average molecular weight is 430 g/mol. The molecule has 0 saturated carbocycles. The lowest BCUT2D eigenvalue weighted by molar-refractivity contribution is -0.135. The first-order chi connectivity index (χ1) is 14.5. The molecule has 1 amide bonds. The Kier molecular flexibility index (Phi) is 6.64. The van der Waals surface area contributed by atoms with E-state index < -0.39 is 0 Å². The van der Waals surface area contributed by atoms with Crippen molar-refractivity contribution in [3.8, 4) is 21.9 Å². The molecule has 0 bridgehead atoms. The second-order valence-corrected chi connectivity index (χ2v) is 9.72. The van der Waals surface area contributed by atoms with Crippen LogP contribution in [0.5, 0.6) is 11.5 Å². The summed E-state index contributed by atoms with van der Waals surface area (Å²) in [6.07, 6.45) is 3.47. The molecule has 0 radical (unpaired) electrons. The van der Waals surface area contributed by atoms with Crippen molar-refractivity contribution in [3.05, 3.63) is 34.7 Å². The second-order valence-electron chi connectivity index (χ2n) is 8.44. The minimum absolute atomic E-state index is 0.0335. The molecule has 6 heteroatoms. The van der Waals surface area contributed by atoms with E-state index in [1.54, 1.807) is 11.3 Å². The molecule has 1 saturated heterocycles. The number of carbonyl (C=O) groups excluding carboxylic acids is 1. The zero-order valence-corrected chi connectivity index (χ0v) is 18.9. The second kappa shape index (κ2) is 9.40. The highest BCUT2D eigenvalue weighted by atomic mass is 32.1. The summed E-state index contributed by atoms with van der Waals surface area (Å²) in [7, 11) is 0. The Bertz CT molecular complexity index is 885. The van der Waals surface area contributed by atoms with Crippen LogP contribution in [-0.4, -0.2) is 43.3 Å². The predicted octanol–water partition coefficient (Wildman–Crippen LogP) is 5.05. The summed E-state index contributed by atoms with van der Waals surface area (Å²) in [5, 5.41) is 0. The summed E-state index contributed by atoms with van der Waals surface area (Å²) >= 11 is 1.76. The van der Waals surface area contributed by atoms with Gasteiger partial charge in [0.25, 0.3) is 0 Å². The number of thiophene rings is 1. The molecule has 2 aromatic rings.